The summed E-state index contributed by atoms with van der Waals surface area (Å²) in [5, 5.41) is 5.99. The third kappa shape index (κ3) is 4.26. The van der Waals surface area contributed by atoms with Gasteiger partial charge < -0.3 is 14.8 Å². The van der Waals surface area contributed by atoms with Crippen molar-refractivity contribution in [1.82, 2.24) is 9.88 Å². The number of piperidine rings is 1. The first kappa shape index (κ1) is 23.7. The normalized spacial score (nSPS) is 31.2. The third-order valence-corrected chi connectivity index (χ3v) is 9.89. The summed E-state index contributed by atoms with van der Waals surface area (Å²) in [6, 6.07) is 6.25. The van der Waals surface area contributed by atoms with Crippen molar-refractivity contribution >= 4 is 34.1 Å². The first-order valence-electron chi connectivity index (χ1n) is 13.2. The molecule has 7 heteroatoms. The summed E-state index contributed by atoms with van der Waals surface area (Å²) in [5.74, 6) is 1.81. The number of hydrogen-bond acceptors (Lipinski definition) is 5. The molecule has 1 N–H and O–H groups in total. The number of carbonyl (C=O) groups is 1. The largest absolute Gasteiger partial charge is 0.381 e. The molecule has 4 aliphatic rings. The van der Waals surface area contributed by atoms with E-state index >= 15 is 0 Å². The number of fused-ring (bicyclic) bond motifs is 1. The highest BCUT2D eigenvalue weighted by Crippen LogP contribution is 2.59. The van der Waals surface area contributed by atoms with Gasteiger partial charge in [0.2, 0.25) is 5.91 Å². The number of nitrogens with one attached hydrogen (secondary N) is 1. The molecule has 3 saturated heterocycles. The van der Waals surface area contributed by atoms with Crippen LogP contribution < -0.4 is 5.32 Å². The van der Waals surface area contributed by atoms with E-state index in [1.165, 1.54) is 5.56 Å². The molecule has 0 bridgehead atoms. The quantitative estimate of drug-likeness (QED) is 0.625. The summed E-state index contributed by atoms with van der Waals surface area (Å²) in [6.07, 6.45) is 6.95. The maximum atomic E-state index is 12.9. The minimum atomic E-state index is 0.0877. The fourth-order valence-corrected chi connectivity index (χ4v) is 7.02. The fourth-order valence-electron chi connectivity index (χ4n) is 6.70. The molecule has 3 aliphatic heterocycles. The highest BCUT2D eigenvalue weighted by Gasteiger charge is 2.58. The number of ether oxygens (including phenoxy) is 2. The second-order valence-electron chi connectivity index (χ2n) is 11.5. The number of anilines is 1. The van der Waals surface area contributed by atoms with Crippen LogP contribution in [0.4, 0.5) is 5.82 Å². The number of likely N-dealkylation sites (tertiary alicyclic amines) is 1. The van der Waals surface area contributed by atoms with Gasteiger partial charge in [0.05, 0.1) is 13.2 Å². The second-order valence-corrected chi connectivity index (χ2v) is 12.0. The van der Waals surface area contributed by atoms with Crippen LogP contribution in [-0.4, -0.2) is 60.8 Å². The van der Waals surface area contributed by atoms with Crippen molar-refractivity contribution in [2.24, 2.45) is 17.3 Å². The molecule has 3 atom stereocenters. The predicted octanol–water partition coefficient (Wildman–Crippen LogP) is 5.25. The Hall–Kier alpha value is -1.73. The minimum Gasteiger partial charge on any atom is -0.381 e. The Morgan fingerprint density at radius 1 is 1.14 bits per heavy atom. The summed E-state index contributed by atoms with van der Waals surface area (Å²) in [6.45, 7) is 10.0. The number of aromatic nitrogens is 1. The lowest BCUT2D eigenvalue weighted by Crippen LogP contribution is -2.53. The summed E-state index contributed by atoms with van der Waals surface area (Å²) in [7, 11) is 0. The van der Waals surface area contributed by atoms with Gasteiger partial charge in [0.25, 0.3) is 0 Å². The zero-order chi connectivity index (χ0) is 24.2. The topological polar surface area (TPSA) is 63.7 Å². The van der Waals surface area contributed by atoms with E-state index in [-0.39, 0.29) is 22.8 Å². The molecule has 1 saturated carbocycles. The zero-order valence-corrected chi connectivity index (χ0v) is 21.6. The first-order chi connectivity index (χ1) is 16.9. The van der Waals surface area contributed by atoms with E-state index in [2.05, 4.69) is 35.1 Å². The van der Waals surface area contributed by atoms with Gasteiger partial charge in [0.1, 0.15) is 5.82 Å². The molecular formula is C28H36ClN3O3. The molecule has 1 aromatic carbocycles. The van der Waals surface area contributed by atoms with Crippen LogP contribution >= 0.6 is 11.6 Å². The molecule has 4 fully saturated rings. The van der Waals surface area contributed by atoms with Crippen molar-refractivity contribution in [1.29, 1.82) is 0 Å². The Morgan fingerprint density at radius 2 is 1.91 bits per heavy atom. The van der Waals surface area contributed by atoms with Gasteiger partial charge in [0.15, 0.2) is 0 Å². The van der Waals surface area contributed by atoms with Crippen LogP contribution in [0.2, 0.25) is 5.02 Å². The molecule has 3 unspecified atom stereocenters. The smallest absolute Gasteiger partial charge is 0.229 e. The average molecular weight is 498 g/mol. The standard InChI is InChI=1S/C28H36ClN3O3/c1-18-16-35-17-27(18,2)32-7-3-19(4-8-32)22-11-20-13-25(30-15-21(20)12-24(22)29)31-26(33)23-14-28(23)5-9-34-10-6-28/h11-13,15,18-19,23H,3-10,14,16-17H2,1-2H3,(H,30,31,33). The molecule has 1 spiro atoms. The van der Waals surface area contributed by atoms with Gasteiger partial charge in [-0.2, -0.15) is 0 Å². The van der Waals surface area contributed by atoms with E-state index < -0.39 is 0 Å². The van der Waals surface area contributed by atoms with Gasteiger partial charge >= 0.3 is 0 Å². The third-order valence-electron chi connectivity index (χ3n) is 9.56. The molecule has 1 aliphatic carbocycles. The Bertz CT molecular complexity index is 1130. The predicted molar refractivity (Wildman–Crippen MR) is 138 cm³/mol. The monoisotopic (exact) mass is 497 g/mol. The Labute approximate surface area is 212 Å². The Balaban J connectivity index is 1.15. The highest BCUT2D eigenvalue weighted by molar-refractivity contribution is 6.32. The highest BCUT2D eigenvalue weighted by atomic mass is 35.5. The minimum absolute atomic E-state index is 0.0877. The molecular weight excluding hydrogens is 462 g/mol. The maximum Gasteiger partial charge on any atom is 0.229 e. The average Bonchev–Trinajstić information content (AvgIpc) is 3.44. The number of rotatable bonds is 4. The van der Waals surface area contributed by atoms with Crippen LogP contribution in [0.1, 0.15) is 57.4 Å². The summed E-state index contributed by atoms with van der Waals surface area (Å²) < 4.78 is 11.3. The maximum absolute atomic E-state index is 12.9. The SMILES string of the molecule is CC1COCC1(C)N1CCC(c2cc3cc(NC(=O)C4CC45CCOCC5)ncc3cc2Cl)CC1. The molecule has 1 aromatic heterocycles. The van der Waals surface area contributed by atoms with E-state index in [4.69, 9.17) is 21.1 Å². The summed E-state index contributed by atoms with van der Waals surface area (Å²) in [5.41, 5.74) is 1.52. The number of carbonyl (C=O) groups excluding carboxylic acids is 1. The van der Waals surface area contributed by atoms with Crippen molar-refractivity contribution in [2.75, 3.05) is 44.8 Å². The Kier molecular flexibility index (Phi) is 6.07. The van der Waals surface area contributed by atoms with E-state index in [9.17, 15) is 4.79 Å². The van der Waals surface area contributed by atoms with Gasteiger partial charge in [-0.05, 0) is 98.5 Å². The number of nitrogens with zero attached hydrogens (tertiary/aromatic N) is 2. The molecule has 35 heavy (non-hydrogen) atoms. The lowest BCUT2D eigenvalue weighted by Gasteiger charge is -2.44. The van der Waals surface area contributed by atoms with E-state index in [0.29, 0.717) is 17.7 Å². The lowest BCUT2D eigenvalue weighted by atomic mass is 9.83. The Morgan fingerprint density at radius 3 is 2.63 bits per heavy atom. The molecule has 1 amide bonds. The van der Waals surface area contributed by atoms with Crippen LogP contribution in [0.25, 0.3) is 10.8 Å². The molecule has 6 rings (SSSR count). The van der Waals surface area contributed by atoms with Crippen molar-refractivity contribution < 1.29 is 14.3 Å². The zero-order valence-electron chi connectivity index (χ0n) is 20.8. The van der Waals surface area contributed by atoms with Crippen molar-refractivity contribution in [2.45, 2.75) is 57.4 Å². The van der Waals surface area contributed by atoms with Gasteiger partial charge in [-0.3, -0.25) is 9.69 Å². The van der Waals surface area contributed by atoms with Gasteiger partial charge in [-0.1, -0.05) is 18.5 Å². The van der Waals surface area contributed by atoms with Crippen LogP contribution in [-0.2, 0) is 14.3 Å². The van der Waals surface area contributed by atoms with E-state index in [1.807, 2.05) is 18.3 Å². The molecule has 0 radical (unpaired) electrons. The second kappa shape index (κ2) is 8.98. The van der Waals surface area contributed by atoms with Gasteiger partial charge in [-0.25, -0.2) is 4.98 Å². The lowest BCUT2D eigenvalue weighted by molar-refractivity contribution is -0.118. The van der Waals surface area contributed by atoms with E-state index in [0.717, 1.165) is 87.4 Å². The van der Waals surface area contributed by atoms with Crippen molar-refractivity contribution in [3.63, 3.8) is 0 Å². The first-order valence-corrected chi connectivity index (χ1v) is 13.6. The van der Waals surface area contributed by atoms with Crippen molar-refractivity contribution in [3.8, 4) is 0 Å². The summed E-state index contributed by atoms with van der Waals surface area (Å²) >= 11 is 6.77. The number of hydrogen-bond donors (Lipinski definition) is 1. The molecule has 4 heterocycles. The van der Waals surface area contributed by atoms with E-state index in [1.54, 1.807) is 0 Å². The number of benzene rings is 1. The number of amides is 1. The molecule has 6 nitrogen and oxygen atoms in total. The number of halogens is 1. The molecule has 188 valence electrons. The van der Waals surface area contributed by atoms with Crippen molar-refractivity contribution in [3.05, 3.63) is 35.0 Å². The van der Waals surface area contributed by atoms with Crippen LogP contribution in [0.15, 0.2) is 24.4 Å². The van der Waals surface area contributed by atoms with Crippen LogP contribution in [0.3, 0.4) is 0 Å². The van der Waals surface area contributed by atoms with Gasteiger partial charge in [0, 0.05) is 41.3 Å². The van der Waals surface area contributed by atoms with Crippen LogP contribution in [0, 0.1) is 17.3 Å². The fraction of sp³-hybridized carbons (Fsp3) is 0.643. The number of pyridine rings is 1. The summed E-state index contributed by atoms with van der Waals surface area (Å²) in [4.78, 5) is 20.0. The molecule has 2 aromatic rings. The van der Waals surface area contributed by atoms with Gasteiger partial charge in [-0.15, -0.1) is 0 Å². The van der Waals surface area contributed by atoms with Crippen LogP contribution in [0.5, 0.6) is 0 Å².